The number of imidazole rings is 1. The largest absolute Gasteiger partial charge is 0.394 e. The number of thiocarbonyl (C=S) groups is 2. The molecule has 14 heteroatoms. The van der Waals surface area contributed by atoms with Gasteiger partial charge in [0.2, 0.25) is 0 Å². The molecular weight excluding hydrogens is 528 g/mol. The summed E-state index contributed by atoms with van der Waals surface area (Å²) < 4.78 is 7.14. The summed E-state index contributed by atoms with van der Waals surface area (Å²) in [7, 11) is 0. The van der Waals surface area contributed by atoms with E-state index < -0.39 is 31.1 Å². The zero-order valence-electron chi connectivity index (χ0n) is 20.5. The van der Waals surface area contributed by atoms with E-state index in [1.165, 1.54) is 12.7 Å². The van der Waals surface area contributed by atoms with Crippen LogP contribution in [0.2, 0.25) is 0 Å². The van der Waals surface area contributed by atoms with Gasteiger partial charge < -0.3 is 36.0 Å². The van der Waals surface area contributed by atoms with Crippen molar-refractivity contribution in [1.29, 1.82) is 0 Å². The van der Waals surface area contributed by atoms with Gasteiger partial charge in [0.05, 0.1) is 23.8 Å². The number of aliphatic imine (C=N–C) groups is 1. The lowest BCUT2D eigenvalue weighted by Crippen LogP contribution is -2.33. The first-order chi connectivity index (χ1) is 18.5. The van der Waals surface area contributed by atoms with Crippen LogP contribution in [-0.2, 0) is 4.74 Å². The van der Waals surface area contributed by atoms with Gasteiger partial charge in [-0.15, -0.1) is 0 Å². The van der Waals surface area contributed by atoms with E-state index in [0.29, 0.717) is 28.6 Å². The molecule has 202 valence electrons. The summed E-state index contributed by atoms with van der Waals surface area (Å²) in [6.45, 7) is 1.09. The normalized spacial score (nSPS) is 20.7. The van der Waals surface area contributed by atoms with Gasteiger partial charge in [-0.1, -0.05) is 12.8 Å². The summed E-state index contributed by atoms with van der Waals surface area (Å²) in [5.74, 6) is 0.584. The Bertz CT molecular complexity index is 1270. The second kappa shape index (κ2) is 13.6. The van der Waals surface area contributed by atoms with E-state index in [4.69, 9.17) is 17.0 Å². The van der Waals surface area contributed by atoms with Gasteiger partial charge in [-0.05, 0) is 61.5 Å². The van der Waals surface area contributed by atoms with Gasteiger partial charge in [0.15, 0.2) is 28.3 Å². The van der Waals surface area contributed by atoms with Crippen molar-refractivity contribution in [1.82, 2.24) is 24.8 Å². The highest BCUT2D eigenvalue weighted by molar-refractivity contribution is 7.80. The van der Waals surface area contributed by atoms with Crippen molar-refractivity contribution in [2.45, 2.75) is 50.2 Å². The van der Waals surface area contributed by atoms with Gasteiger partial charge in [0.25, 0.3) is 0 Å². The smallest absolute Gasteiger partial charge is 0.170 e. The molecule has 1 aliphatic rings. The van der Waals surface area contributed by atoms with Gasteiger partial charge >= 0.3 is 0 Å². The standard InChI is InChI=1S/C24H30N8O4S2/c33-11-17-19(34)20(35)23(36-17)32-13-29-18-21(27-12-28-22(18)32)25-9-3-1-2-4-10-26-24(38)31-16-7-5-15(6-8-16)30-14-37/h5-8,12-13,17,19-20,23,33-35H,1-4,9-11H2,(H,25,27,28)(H2,26,31,38). The molecule has 4 rings (SSSR count). The van der Waals surface area contributed by atoms with E-state index in [-0.39, 0.29) is 0 Å². The molecule has 2 aromatic heterocycles. The molecule has 0 spiro atoms. The van der Waals surface area contributed by atoms with Gasteiger partial charge in [0.1, 0.15) is 24.6 Å². The number of hydrogen-bond acceptors (Lipinski definition) is 11. The molecule has 3 aromatic rings. The zero-order chi connectivity index (χ0) is 26.9. The number of hydrogen-bond donors (Lipinski definition) is 6. The van der Waals surface area contributed by atoms with Crippen molar-refractivity contribution in [3.05, 3.63) is 36.9 Å². The fourth-order valence-corrected chi connectivity index (χ4v) is 4.46. The van der Waals surface area contributed by atoms with Crippen LogP contribution in [0.15, 0.2) is 41.9 Å². The highest BCUT2D eigenvalue weighted by Gasteiger charge is 2.44. The highest BCUT2D eigenvalue weighted by Crippen LogP contribution is 2.32. The molecule has 4 atom stereocenters. The minimum absolute atomic E-state index is 0.400. The average Bonchev–Trinajstić information content (AvgIpc) is 3.47. The maximum atomic E-state index is 10.3. The van der Waals surface area contributed by atoms with Crippen molar-refractivity contribution < 1.29 is 20.1 Å². The van der Waals surface area contributed by atoms with Crippen LogP contribution in [0.1, 0.15) is 31.9 Å². The number of aliphatic hydroxyl groups is 3. The predicted octanol–water partition coefficient (Wildman–Crippen LogP) is 2.13. The van der Waals surface area contributed by atoms with Crippen LogP contribution in [0.3, 0.4) is 0 Å². The Morgan fingerprint density at radius 3 is 2.53 bits per heavy atom. The quantitative estimate of drug-likeness (QED) is 0.109. The van der Waals surface area contributed by atoms with Crippen molar-refractivity contribution in [3.8, 4) is 0 Å². The second-order valence-electron chi connectivity index (χ2n) is 8.75. The number of nitrogens with one attached hydrogen (secondary N) is 3. The van der Waals surface area contributed by atoms with Gasteiger partial charge in [-0.25, -0.2) is 15.0 Å². The molecule has 0 bridgehead atoms. The molecule has 3 heterocycles. The summed E-state index contributed by atoms with van der Waals surface area (Å²) in [5.41, 5.74) is 2.62. The number of anilines is 2. The lowest BCUT2D eigenvalue weighted by Gasteiger charge is -2.16. The number of rotatable bonds is 12. The fourth-order valence-electron chi connectivity index (χ4n) is 4.14. The van der Waals surface area contributed by atoms with Crippen LogP contribution in [0.25, 0.3) is 11.2 Å². The number of fused-ring (bicyclic) bond motifs is 1. The monoisotopic (exact) mass is 558 g/mol. The number of aromatic nitrogens is 4. The SMILES string of the molecule is OCC1OC(n2cnc3c(NCCCCCCNC(=S)Nc4ccc(N=C=S)cc4)ncnc32)C(O)C1O. The Kier molecular flexibility index (Phi) is 10.0. The highest BCUT2D eigenvalue weighted by atomic mass is 32.1. The number of ether oxygens (including phenoxy) is 1. The number of benzene rings is 1. The Hall–Kier alpha value is -3.10. The average molecular weight is 559 g/mol. The van der Waals surface area contributed by atoms with E-state index in [2.05, 4.69) is 53.3 Å². The summed E-state index contributed by atoms with van der Waals surface area (Å²) >= 11 is 9.94. The minimum Gasteiger partial charge on any atom is -0.394 e. The first kappa shape index (κ1) is 27.9. The molecule has 0 aliphatic carbocycles. The first-order valence-electron chi connectivity index (χ1n) is 12.3. The Labute approximate surface area is 230 Å². The summed E-state index contributed by atoms with van der Waals surface area (Å²) in [4.78, 5) is 16.9. The van der Waals surface area contributed by atoms with Crippen molar-refractivity contribution in [3.63, 3.8) is 0 Å². The van der Waals surface area contributed by atoms with Crippen molar-refractivity contribution in [2.24, 2.45) is 4.99 Å². The van der Waals surface area contributed by atoms with Crippen molar-refractivity contribution >= 4 is 63.1 Å². The van der Waals surface area contributed by atoms with Gasteiger partial charge in [-0.3, -0.25) is 4.57 Å². The first-order valence-corrected chi connectivity index (χ1v) is 13.1. The molecule has 1 aromatic carbocycles. The molecule has 38 heavy (non-hydrogen) atoms. The number of unbranched alkanes of at least 4 members (excludes halogenated alkanes) is 3. The number of aliphatic hydroxyl groups excluding tert-OH is 3. The molecule has 1 fully saturated rings. The van der Waals surface area contributed by atoms with E-state index >= 15 is 0 Å². The maximum Gasteiger partial charge on any atom is 0.170 e. The molecule has 1 saturated heterocycles. The molecule has 0 amide bonds. The summed E-state index contributed by atoms with van der Waals surface area (Å²) in [6, 6.07) is 7.43. The molecule has 6 N–H and O–H groups in total. The lowest BCUT2D eigenvalue weighted by atomic mass is 10.1. The molecule has 0 radical (unpaired) electrons. The van der Waals surface area contributed by atoms with Crippen LogP contribution in [-0.4, -0.2) is 83.1 Å². The van der Waals surface area contributed by atoms with E-state index in [1.807, 2.05) is 24.3 Å². The minimum atomic E-state index is -1.21. The predicted molar refractivity (Wildman–Crippen MR) is 151 cm³/mol. The Morgan fingerprint density at radius 2 is 1.82 bits per heavy atom. The van der Waals surface area contributed by atoms with Gasteiger partial charge in [-0.2, -0.15) is 4.99 Å². The van der Waals surface area contributed by atoms with Crippen LogP contribution in [0, 0.1) is 0 Å². The third kappa shape index (κ3) is 6.85. The molecule has 4 unspecified atom stereocenters. The summed E-state index contributed by atoms with van der Waals surface area (Å²) in [6.07, 6.45) is 2.72. The molecular formula is C24H30N8O4S2. The fraction of sp³-hybridized carbons (Fsp3) is 0.458. The topological polar surface area (TPSA) is 162 Å². The molecule has 0 saturated carbocycles. The maximum absolute atomic E-state index is 10.3. The zero-order valence-corrected chi connectivity index (χ0v) is 22.2. The van der Waals surface area contributed by atoms with E-state index in [1.54, 1.807) is 4.57 Å². The molecule has 12 nitrogen and oxygen atoms in total. The van der Waals surface area contributed by atoms with Crippen LogP contribution >= 0.6 is 24.4 Å². The van der Waals surface area contributed by atoms with Crippen LogP contribution in [0.4, 0.5) is 17.2 Å². The van der Waals surface area contributed by atoms with Crippen molar-refractivity contribution in [2.75, 3.05) is 30.3 Å². The Balaban J connectivity index is 1.15. The summed E-state index contributed by atoms with van der Waals surface area (Å²) in [5, 5.41) is 42.3. The van der Waals surface area contributed by atoms with E-state index in [0.717, 1.165) is 43.6 Å². The van der Waals surface area contributed by atoms with E-state index in [9.17, 15) is 15.3 Å². The number of isothiocyanates is 1. The van der Waals surface area contributed by atoms with Crippen LogP contribution < -0.4 is 16.0 Å². The third-order valence-electron chi connectivity index (χ3n) is 6.13. The second-order valence-corrected chi connectivity index (χ2v) is 9.34. The Morgan fingerprint density at radius 1 is 1.05 bits per heavy atom. The third-order valence-corrected chi connectivity index (χ3v) is 6.47. The van der Waals surface area contributed by atoms with Gasteiger partial charge in [0, 0.05) is 18.8 Å². The number of nitrogens with zero attached hydrogens (tertiary/aromatic N) is 5. The van der Waals surface area contributed by atoms with Crippen LogP contribution in [0.5, 0.6) is 0 Å². The lowest BCUT2D eigenvalue weighted by molar-refractivity contribution is -0.0511. The molecule has 1 aliphatic heterocycles.